The van der Waals surface area contributed by atoms with E-state index in [4.69, 9.17) is 11.6 Å². The van der Waals surface area contributed by atoms with Gasteiger partial charge in [-0.05, 0) is 31.2 Å². The average molecular weight is 320 g/mol. The number of hydrogen-bond donors (Lipinski definition) is 1. The Labute approximate surface area is 128 Å². The van der Waals surface area contributed by atoms with Crippen LogP contribution in [0.2, 0.25) is 5.02 Å². The van der Waals surface area contributed by atoms with Gasteiger partial charge in [0.15, 0.2) is 0 Å². The second kappa shape index (κ2) is 7.21. The SMILES string of the molecule is CNC(Cc1ccc(F)c(Cl)c1)C1SCCSC1C. The van der Waals surface area contributed by atoms with Crippen molar-refractivity contribution in [2.75, 3.05) is 18.6 Å². The minimum absolute atomic E-state index is 0.214. The van der Waals surface area contributed by atoms with Crippen molar-refractivity contribution < 1.29 is 4.39 Å². The zero-order chi connectivity index (χ0) is 13.8. The molecule has 0 saturated carbocycles. The third kappa shape index (κ3) is 4.03. The smallest absolute Gasteiger partial charge is 0.141 e. The molecule has 5 heteroatoms. The molecule has 3 atom stereocenters. The summed E-state index contributed by atoms with van der Waals surface area (Å²) in [4.78, 5) is 0. The van der Waals surface area contributed by atoms with Crippen LogP contribution in [0.1, 0.15) is 12.5 Å². The van der Waals surface area contributed by atoms with Crippen LogP contribution < -0.4 is 5.32 Å². The van der Waals surface area contributed by atoms with E-state index in [-0.39, 0.29) is 10.8 Å². The molecule has 1 saturated heterocycles. The molecule has 0 aliphatic carbocycles. The Kier molecular flexibility index (Phi) is 5.87. The first-order chi connectivity index (χ1) is 9.11. The number of benzene rings is 1. The fourth-order valence-corrected chi connectivity index (χ4v) is 5.60. The van der Waals surface area contributed by atoms with Gasteiger partial charge < -0.3 is 5.32 Å². The normalized spacial score (nSPS) is 25.3. The largest absolute Gasteiger partial charge is 0.316 e. The van der Waals surface area contributed by atoms with Gasteiger partial charge in [-0.2, -0.15) is 23.5 Å². The van der Waals surface area contributed by atoms with E-state index in [2.05, 4.69) is 12.2 Å². The van der Waals surface area contributed by atoms with Gasteiger partial charge >= 0.3 is 0 Å². The van der Waals surface area contributed by atoms with E-state index in [0.717, 1.165) is 12.0 Å². The molecule has 0 spiro atoms. The summed E-state index contributed by atoms with van der Waals surface area (Å²) >= 11 is 9.93. The molecule has 1 aliphatic heterocycles. The van der Waals surface area contributed by atoms with Crippen LogP contribution in [0.25, 0.3) is 0 Å². The molecular formula is C14H19ClFNS2. The monoisotopic (exact) mass is 319 g/mol. The van der Waals surface area contributed by atoms with Crippen molar-refractivity contribution in [2.24, 2.45) is 0 Å². The van der Waals surface area contributed by atoms with Crippen LogP contribution in [0.15, 0.2) is 18.2 Å². The van der Waals surface area contributed by atoms with Gasteiger partial charge in [-0.15, -0.1) is 0 Å². The molecule has 1 N–H and O–H groups in total. The lowest BCUT2D eigenvalue weighted by atomic mass is 10.0. The molecule has 0 amide bonds. The van der Waals surface area contributed by atoms with E-state index in [1.165, 1.54) is 17.6 Å². The molecule has 0 aromatic heterocycles. The summed E-state index contributed by atoms with van der Waals surface area (Å²) in [5.74, 6) is 2.10. The van der Waals surface area contributed by atoms with E-state index >= 15 is 0 Å². The molecule has 0 radical (unpaired) electrons. The van der Waals surface area contributed by atoms with Gasteiger partial charge in [-0.1, -0.05) is 24.6 Å². The van der Waals surface area contributed by atoms with E-state index < -0.39 is 0 Å². The van der Waals surface area contributed by atoms with Crippen LogP contribution >= 0.6 is 35.1 Å². The Morgan fingerprint density at radius 3 is 2.79 bits per heavy atom. The van der Waals surface area contributed by atoms with Crippen LogP contribution in [0.3, 0.4) is 0 Å². The van der Waals surface area contributed by atoms with E-state index in [1.54, 1.807) is 6.07 Å². The van der Waals surface area contributed by atoms with Crippen molar-refractivity contribution in [3.8, 4) is 0 Å². The van der Waals surface area contributed by atoms with Crippen LogP contribution in [-0.4, -0.2) is 35.1 Å². The van der Waals surface area contributed by atoms with E-state index in [1.807, 2.05) is 36.6 Å². The fourth-order valence-electron chi connectivity index (χ4n) is 2.39. The summed E-state index contributed by atoms with van der Waals surface area (Å²) in [7, 11) is 2.00. The lowest BCUT2D eigenvalue weighted by Crippen LogP contribution is -2.44. The van der Waals surface area contributed by atoms with E-state index in [9.17, 15) is 4.39 Å². The van der Waals surface area contributed by atoms with Gasteiger partial charge in [0.1, 0.15) is 5.82 Å². The molecule has 2 rings (SSSR count). The molecule has 106 valence electrons. The highest BCUT2D eigenvalue weighted by molar-refractivity contribution is 8.07. The van der Waals surface area contributed by atoms with Crippen molar-refractivity contribution in [1.82, 2.24) is 5.32 Å². The Morgan fingerprint density at radius 1 is 1.42 bits per heavy atom. The maximum Gasteiger partial charge on any atom is 0.141 e. The first-order valence-corrected chi connectivity index (χ1v) is 8.93. The highest BCUT2D eigenvalue weighted by Crippen LogP contribution is 2.34. The highest BCUT2D eigenvalue weighted by atomic mass is 35.5. The van der Waals surface area contributed by atoms with Crippen molar-refractivity contribution in [1.29, 1.82) is 0 Å². The quantitative estimate of drug-likeness (QED) is 0.905. The van der Waals surface area contributed by atoms with Crippen LogP contribution in [0, 0.1) is 5.82 Å². The summed E-state index contributed by atoms with van der Waals surface area (Å²) in [6.07, 6.45) is 0.888. The van der Waals surface area contributed by atoms with Crippen molar-refractivity contribution >= 4 is 35.1 Å². The highest BCUT2D eigenvalue weighted by Gasteiger charge is 2.29. The van der Waals surface area contributed by atoms with Gasteiger partial charge in [0, 0.05) is 28.0 Å². The molecule has 1 aromatic carbocycles. The van der Waals surface area contributed by atoms with Crippen LogP contribution in [0.4, 0.5) is 4.39 Å². The van der Waals surface area contributed by atoms with E-state index in [0.29, 0.717) is 16.5 Å². The van der Waals surface area contributed by atoms with Crippen molar-refractivity contribution in [2.45, 2.75) is 29.9 Å². The molecule has 1 aliphatic rings. The zero-order valence-electron chi connectivity index (χ0n) is 11.2. The molecule has 1 aromatic rings. The number of nitrogens with one attached hydrogen (secondary N) is 1. The summed E-state index contributed by atoms with van der Waals surface area (Å²) in [5.41, 5.74) is 1.09. The van der Waals surface area contributed by atoms with Crippen LogP contribution in [0.5, 0.6) is 0 Å². The van der Waals surface area contributed by atoms with Crippen molar-refractivity contribution in [3.63, 3.8) is 0 Å². The molecule has 3 unspecified atom stereocenters. The first-order valence-electron chi connectivity index (χ1n) is 6.46. The lowest BCUT2D eigenvalue weighted by Gasteiger charge is -2.34. The molecule has 1 fully saturated rings. The number of likely N-dealkylation sites (N-methyl/N-ethyl adjacent to an activating group) is 1. The lowest BCUT2D eigenvalue weighted by molar-refractivity contribution is 0.530. The second-order valence-electron chi connectivity index (χ2n) is 4.76. The predicted octanol–water partition coefficient (Wildman–Crippen LogP) is 3.85. The summed E-state index contributed by atoms with van der Waals surface area (Å²) in [6.45, 7) is 2.30. The maximum atomic E-state index is 13.2. The Hall–Kier alpha value is 0.1000. The molecule has 0 bridgehead atoms. The van der Waals surface area contributed by atoms with Gasteiger partial charge in [0.05, 0.1) is 5.02 Å². The topological polar surface area (TPSA) is 12.0 Å². The van der Waals surface area contributed by atoms with Gasteiger partial charge in [0.2, 0.25) is 0 Å². The van der Waals surface area contributed by atoms with Crippen molar-refractivity contribution in [3.05, 3.63) is 34.6 Å². The summed E-state index contributed by atoms with van der Waals surface area (Å²) in [6, 6.07) is 5.43. The minimum Gasteiger partial charge on any atom is -0.316 e. The number of rotatable bonds is 4. The molecule has 1 nitrogen and oxygen atoms in total. The summed E-state index contributed by atoms with van der Waals surface area (Å²) in [5, 5.41) is 4.86. The van der Waals surface area contributed by atoms with Gasteiger partial charge in [0.25, 0.3) is 0 Å². The average Bonchev–Trinajstić information content (AvgIpc) is 2.41. The third-order valence-electron chi connectivity index (χ3n) is 3.44. The van der Waals surface area contributed by atoms with Gasteiger partial charge in [-0.3, -0.25) is 0 Å². The molecule has 19 heavy (non-hydrogen) atoms. The maximum absolute atomic E-state index is 13.2. The molecular weight excluding hydrogens is 301 g/mol. The minimum atomic E-state index is -0.345. The van der Waals surface area contributed by atoms with Gasteiger partial charge in [-0.25, -0.2) is 4.39 Å². The Bertz CT molecular complexity index is 430. The number of hydrogen-bond acceptors (Lipinski definition) is 3. The predicted molar refractivity (Wildman–Crippen MR) is 86.1 cm³/mol. The Morgan fingerprint density at radius 2 is 2.16 bits per heavy atom. The fraction of sp³-hybridized carbons (Fsp3) is 0.571. The van der Waals surface area contributed by atoms with Crippen LogP contribution in [-0.2, 0) is 6.42 Å². The Balaban J connectivity index is 2.07. The standard InChI is InChI=1S/C14H19ClFNS2/c1-9-14(19-6-5-18-9)13(17-2)8-10-3-4-12(16)11(15)7-10/h3-4,7,9,13-14,17H,5-6,8H2,1-2H3. The molecule has 1 heterocycles. The number of halogens is 2. The summed E-state index contributed by atoms with van der Waals surface area (Å²) < 4.78 is 13.2. The third-order valence-corrected chi connectivity index (χ3v) is 6.98. The number of thioether (sulfide) groups is 2. The zero-order valence-corrected chi connectivity index (χ0v) is 13.5. The first kappa shape index (κ1) is 15.5. The second-order valence-corrected chi connectivity index (χ2v) is 7.94.